The van der Waals surface area contributed by atoms with Crippen LogP contribution in [-0.2, 0) is 9.90 Å². The van der Waals surface area contributed by atoms with Crippen LogP contribution in [0.15, 0.2) is 23.4 Å². The van der Waals surface area contributed by atoms with Crippen molar-refractivity contribution in [2.24, 2.45) is 4.99 Å². The van der Waals surface area contributed by atoms with Crippen LogP contribution in [0.3, 0.4) is 0 Å². The summed E-state index contributed by atoms with van der Waals surface area (Å²) in [4.78, 5) is 14.9. The number of carbonyl (C=O) groups is 1. The van der Waals surface area contributed by atoms with Gasteiger partial charge in [-0.2, -0.15) is 0 Å². The van der Waals surface area contributed by atoms with Gasteiger partial charge < -0.3 is 14.6 Å². The molecule has 0 atom stereocenters. The van der Waals surface area contributed by atoms with Crippen LogP contribution in [0.5, 0.6) is 11.5 Å². The molecule has 1 radical (unpaired) electrons. The van der Waals surface area contributed by atoms with E-state index in [-0.39, 0.29) is 11.3 Å². The number of aliphatic carboxylic acids is 1. The molecule has 1 aliphatic rings. The fraction of sp³-hybridized carbons (Fsp3) is 0.167. The van der Waals surface area contributed by atoms with E-state index in [1.807, 2.05) is 0 Å². The molecule has 6 nitrogen and oxygen atoms in total. The van der Waals surface area contributed by atoms with Crippen LogP contribution < -0.4 is 9.47 Å². The standard InChI is InChI=1S/C12H10NO5/c1-17-9-3-6-7(5-14)11(12(15)16)13-8(6)4-10(9)18-2/h3-5H,1-2H3,(H,15,16). The third kappa shape index (κ3) is 1.67. The number of hydrogen-bond acceptors (Lipinski definition) is 4. The van der Waals surface area contributed by atoms with Crippen LogP contribution in [0.25, 0.3) is 5.57 Å². The van der Waals surface area contributed by atoms with Crippen molar-refractivity contribution in [2.45, 2.75) is 0 Å². The summed E-state index contributed by atoms with van der Waals surface area (Å²) in [5.41, 5.74) is 0.584. The molecule has 0 aromatic heterocycles. The number of methoxy groups -OCH3 is 2. The Morgan fingerprint density at radius 1 is 1.28 bits per heavy atom. The molecular weight excluding hydrogens is 238 g/mol. The van der Waals surface area contributed by atoms with Gasteiger partial charge in [0.1, 0.15) is 0 Å². The molecule has 1 aliphatic heterocycles. The van der Waals surface area contributed by atoms with Gasteiger partial charge in [0.25, 0.3) is 0 Å². The van der Waals surface area contributed by atoms with E-state index in [0.717, 1.165) is 0 Å². The fourth-order valence-corrected chi connectivity index (χ4v) is 1.77. The zero-order valence-electron chi connectivity index (χ0n) is 9.76. The average molecular weight is 248 g/mol. The summed E-state index contributed by atoms with van der Waals surface area (Å²) >= 11 is 0. The van der Waals surface area contributed by atoms with Crippen molar-refractivity contribution < 1.29 is 24.5 Å². The van der Waals surface area contributed by atoms with Crippen molar-refractivity contribution in [1.29, 1.82) is 0 Å². The topological polar surface area (TPSA) is 88.0 Å². The summed E-state index contributed by atoms with van der Waals surface area (Å²) in [6, 6.07) is 3.07. The number of aliphatic imine (C=N–C) groups is 1. The Morgan fingerprint density at radius 3 is 2.39 bits per heavy atom. The summed E-state index contributed by atoms with van der Waals surface area (Å²) < 4.78 is 10.2. The van der Waals surface area contributed by atoms with Gasteiger partial charge in [0.2, 0.25) is 0 Å². The number of rotatable bonds is 3. The first-order chi connectivity index (χ1) is 8.62. The van der Waals surface area contributed by atoms with E-state index in [4.69, 9.17) is 14.6 Å². The first kappa shape index (κ1) is 12.0. The smallest absolute Gasteiger partial charge is 0.355 e. The lowest BCUT2D eigenvalue weighted by Crippen LogP contribution is -2.11. The first-order valence-electron chi connectivity index (χ1n) is 5.03. The third-order valence-electron chi connectivity index (χ3n) is 2.60. The molecule has 93 valence electrons. The van der Waals surface area contributed by atoms with Gasteiger partial charge >= 0.3 is 5.97 Å². The summed E-state index contributed by atoms with van der Waals surface area (Å²) in [5, 5.41) is 20.0. The summed E-state index contributed by atoms with van der Waals surface area (Å²) in [6.45, 7) is 0. The second kappa shape index (κ2) is 4.40. The van der Waals surface area contributed by atoms with Gasteiger partial charge in [-0.3, -0.25) is 5.11 Å². The molecule has 0 spiro atoms. The molecule has 0 saturated carbocycles. The van der Waals surface area contributed by atoms with E-state index in [1.165, 1.54) is 26.4 Å². The Bertz CT molecular complexity index is 574. The quantitative estimate of drug-likeness (QED) is 0.823. The number of nitrogens with zero attached hydrogens (tertiary/aromatic N) is 1. The van der Waals surface area contributed by atoms with Crippen molar-refractivity contribution >= 4 is 22.9 Å². The van der Waals surface area contributed by atoms with Crippen LogP contribution in [0, 0.1) is 0 Å². The lowest BCUT2D eigenvalue weighted by molar-refractivity contribution is -0.129. The molecular formula is C12H10NO5. The van der Waals surface area contributed by atoms with Gasteiger partial charge in [0.15, 0.2) is 23.5 Å². The second-order valence-electron chi connectivity index (χ2n) is 3.52. The Labute approximate surface area is 103 Å². The molecule has 0 aliphatic carbocycles. The van der Waals surface area contributed by atoms with E-state index >= 15 is 0 Å². The molecule has 1 heterocycles. The zero-order chi connectivity index (χ0) is 13.3. The lowest BCUT2D eigenvalue weighted by atomic mass is 10.0. The minimum atomic E-state index is -1.24. The summed E-state index contributed by atoms with van der Waals surface area (Å²) in [5.74, 6) is -0.402. The molecule has 2 rings (SSSR count). The fourth-order valence-electron chi connectivity index (χ4n) is 1.77. The highest BCUT2D eigenvalue weighted by molar-refractivity contribution is 6.55. The number of ether oxygens (including phenoxy) is 2. The average Bonchev–Trinajstić information content (AvgIpc) is 2.74. The van der Waals surface area contributed by atoms with Crippen molar-refractivity contribution in [3.8, 4) is 11.5 Å². The molecule has 6 heteroatoms. The molecule has 1 aromatic rings. The van der Waals surface area contributed by atoms with Gasteiger partial charge in [0, 0.05) is 11.6 Å². The van der Waals surface area contributed by atoms with Crippen LogP contribution >= 0.6 is 0 Å². The first-order valence-corrected chi connectivity index (χ1v) is 5.03. The normalized spacial score (nSPS) is 15.2. The molecule has 0 unspecified atom stereocenters. The number of hydrogen-bond donors (Lipinski definition) is 1. The Kier molecular flexibility index (Phi) is 2.93. The van der Waals surface area contributed by atoms with Crippen LogP contribution in [0.2, 0.25) is 0 Å². The molecule has 0 fully saturated rings. The van der Waals surface area contributed by atoms with Crippen molar-refractivity contribution in [3.63, 3.8) is 0 Å². The lowest BCUT2D eigenvalue weighted by Gasteiger charge is -2.09. The number of carboxylic acid groups (broad SMARTS) is 1. The molecule has 0 bridgehead atoms. The van der Waals surface area contributed by atoms with E-state index in [2.05, 4.69) is 4.99 Å². The highest BCUT2D eigenvalue weighted by Crippen LogP contribution is 2.42. The maximum Gasteiger partial charge on any atom is 0.355 e. The summed E-state index contributed by atoms with van der Waals surface area (Å²) in [6.07, 6.45) is 0.477. The molecule has 1 aromatic carbocycles. The number of fused-ring (bicyclic) bond motifs is 1. The second-order valence-corrected chi connectivity index (χ2v) is 3.52. The van der Waals surface area contributed by atoms with Crippen molar-refractivity contribution in [1.82, 2.24) is 0 Å². The Balaban J connectivity index is 2.63. The highest BCUT2D eigenvalue weighted by Gasteiger charge is 2.28. The van der Waals surface area contributed by atoms with Gasteiger partial charge in [0.05, 0.1) is 25.5 Å². The molecule has 1 N–H and O–H groups in total. The predicted molar refractivity (Wildman–Crippen MR) is 62.9 cm³/mol. The molecule has 0 amide bonds. The highest BCUT2D eigenvalue weighted by atomic mass is 16.5. The van der Waals surface area contributed by atoms with Crippen LogP contribution in [0.1, 0.15) is 5.56 Å². The van der Waals surface area contributed by atoms with Crippen molar-refractivity contribution in [3.05, 3.63) is 24.0 Å². The van der Waals surface area contributed by atoms with Gasteiger partial charge in [-0.05, 0) is 6.07 Å². The minimum absolute atomic E-state index is 0.0402. The van der Waals surface area contributed by atoms with Gasteiger partial charge in [-0.15, -0.1) is 0 Å². The van der Waals surface area contributed by atoms with Crippen molar-refractivity contribution in [2.75, 3.05) is 14.2 Å². The monoisotopic (exact) mass is 248 g/mol. The van der Waals surface area contributed by atoms with Gasteiger partial charge in [-0.25, -0.2) is 9.79 Å². The van der Waals surface area contributed by atoms with Crippen LogP contribution in [0.4, 0.5) is 5.69 Å². The van der Waals surface area contributed by atoms with E-state index < -0.39 is 5.97 Å². The van der Waals surface area contributed by atoms with Crippen LogP contribution in [-0.4, -0.2) is 31.0 Å². The number of carboxylic acids is 1. The maximum atomic E-state index is 11.0. The molecule has 0 saturated heterocycles. The Morgan fingerprint density at radius 2 is 1.89 bits per heavy atom. The van der Waals surface area contributed by atoms with E-state index in [1.54, 1.807) is 0 Å². The third-order valence-corrected chi connectivity index (χ3v) is 2.60. The molecule has 18 heavy (non-hydrogen) atoms. The SMILES string of the molecule is COc1cc2c(cc1OC)C(=C[O])C(C(=O)O)=N2. The predicted octanol–water partition coefficient (Wildman–Crippen LogP) is 1.65. The Hall–Kier alpha value is -2.50. The van der Waals surface area contributed by atoms with Gasteiger partial charge in [-0.1, -0.05) is 0 Å². The number of benzene rings is 1. The van der Waals surface area contributed by atoms with E-state index in [0.29, 0.717) is 29.0 Å². The summed E-state index contributed by atoms with van der Waals surface area (Å²) in [7, 11) is 2.92. The zero-order valence-corrected chi connectivity index (χ0v) is 9.76. The van der Waals surface area contributed by atoms with E-state index in [9.17, 15) is 9.90 Å². The minimum Gasteiger partial charge on any atom is -0.493 e. The maximum absolute atomic E-state index is 11.0. The largest absolute Gasteiger partial charge is 0.493 e.